The Morgan fingerprint density at radius 3 is 2.51 bits per heavy atom. The first-order valence-corrected chi connectivity index (χ1v) is 11.2. The second-order valence-corrected chi connectivity index (χ2v) is 8.19. The van der Waals surface area contributed by atoms with Gasteiger partial charge < -0.3 is 14.5 Å². The lowest BCUT2D eigenvalue weighted by atomic mass is 10.0. The van der Waals surface area contributed by atoms with Crippen molar-refractivity contribution in [1.29, 1.82) is 0 Å². The molecule has 1 aromatic heterocycles. The standard InChI is InChI=1S/C26H22ClN3O5/c1-17(31)28-22(14-18-6-3-2-4-7-18)26(33)35-16-25(32)30-23(24-8-5-13-34-24)15-21(29-30)19-9-11-20(27)12-10-19/h2-14,23H,15-16H2,1H3,(H,28,31)/b22-14+. The third-order valence-electron chi connectivity index (χ3n) is 5.18. The lowest BCUT2D eigenvalue weighted by Gasteiger charge is -2.19. The Balaban J connectivity index is 1.51. The van der Waals surface area contributed by atoms with Crippen LogP contribution >= 0.6 is 11.6 Å². The Kier molecular flexibility index (Phi) is 7.42. The van der Waals surface area contributed by atoms with Gasteiger partial charge in [0.05, 0.1) is 12.0 Å². The number of rotatable bonds is 7. The number of furan rings is 1. The summed E-state index contributed by atoms with van der Waals surface area (Å²) in [5, 5.41) is 8.79. The molecule has 3 aromatic rings. The van der Waals surface area contributed by atoms with Crippen molar-refractivity contribution >= 4 is 41.2 Å². The summed E-state index contributed by atoms with van der Waals surface area (Å²) in [4.78, 5) is 37.3. The number of carbonyl (C=O) groups excluding carboxylic acids is 3. The molecule has 2 aromatic carbocycles. The monoisotopic (exact) mass is 491 g/mol. The number of halogens is 1. The minimum atomic E-state index is -0.840. The van der Waals surface area contributed by atoms with E-state index in [4.69, 9.17) is 20.8 Å². The molecule has 9 heteroatoms. The quantitative estimate of drug-likeness (QED) is 0.391. The molecule has 4 rings (SSSR count). The van der Waals surface area contributed by atoms with E-state index < -0.39 is 30.4 Å². The molecule has 2 amide bonds. The molecule has 35 heavy (non-hydrogen) atoms. The molecule has 0 fully saturated rings. The minimum absolute atomic E-state index is 0.0779. The van der Waals surface area contributed by atoms with E-state index in [-0.39, 0.29) is 5.70 Å². The normalized spacial score (nSPS) is 15.5. The lowest BCUT2D eigenvalue weighted by Crippen LogP contribution is -2.33. The van der Waals surface area contributed by atoms with Crippen LogP contribution in [0.4, 0.5) is 0 Å². The maximum atomic E-state index is 13.1. The molecule has 0 bridgehead atoms. The number of nitrogens with one attached hydrogen (secondary N) is 1. The van der Waals surface area contributed by atoms with Crippen molar-refractivity contribution < 1.29 is 23.5 Å². The van der Waals surface area contributed by atoms with E-state index in [0.29, 0.717) is 28.5 Å². The van der Waals surface area contributed by atoms with Crippen molar-refractivity contribution in [2.75, 3.05) is 6.61 Å². The Labute approximate surface area is 206 Å². The third kappa shape index (κ3) is 6.04. The zero-order valence-electron chi connectivity index (χ0n) is 18.8. The van der Waals surface area contributed by atoms with E-state index in [1.54, 1.807) is 48.5 Å². The minimum Gasteiger partial charge on any atom is -0.467 e. The number of nitrogens with zero attached hydrogens (tertiary/aromatic N) is 2. The van der Waals surface area contributed by atoms with Gasteiger partial charge in [0.25, 0.3) is 5.91 Å². The smallest absolute Gasteiger partial charge is 0.355 e. The molecular formula is C26H22ClN3O5. The van der Waals surface area contributed by atoms with Gasteiger partial charge in [-0.1, -0.05) is 54.1 Å². The van der Waals surface area contributed by atoms with E-state index in [0.717, 1.165) is 5.56 Å². The van der Waals surface area contributed by atoms with Gasteiger partial charge in [-0.2, -0.15) is 5.10 Å². The van der Waals surface area contributed by atoms with Crippen LogP contribution < -0.4 is 5.32 Å². The number of hydrogen-bond acceptors (Lipinski definition) is 6. The highest BCUT2D eigenvalue weighted by molar-refractivity contribution is 6.30. The van der Waals surface area contributed by atoms with Gasteiger partial charge in [0, 0.05) is 18.4 Å². The molecule has 178 valence electrons. The molecule has 0 saturated heterocycles. The second kappa shape index (κ2) is 10.8. The molecule has 2 heterocycles. The topological polar surface area (TPSA) is 101 Å². The third-order valence-corrected chi connectivity index (χ3v) is 5.43. The van der Waals surface area contributed by atoms with Gasteiger partial charge in [0.1, 0.15) is 17.5 Å². The molecule has 0 aliphatic carbocycles. The Morgan fingerprint density at radius 2 is 1.86 bits per heavy atom. The lowest BCUT2D eigenvalue weighted by molar-refractivity contribution is -0.150. The number of amides is 2. The fourth-order valence-electron chi connectivity index (χ4n) is 3.58. The van der Waals surface area contributed by atoms with Gasteiger partial charge in [-0.25, -0.2) is 9.80 Å². The molecule has 8 nitrogen and oxygen atoms in total. The van der Waals surface area contributed by atoms with Gasteiger partial charge in [-0.05, 0) is 41.5 Å². The van der Waals surface area contributed by atoms with Gasteiger partial charge in [0.15, 0.2) is 6.61 Å². The highest BCUT2D eigenvalue weighted by atomic mass is 35.5. The molecule has 1 aliphatic heterocycles. The first-order valence-electron chi connectivity index (χ1n) is 10.8. The molecule has 1 aliphatic rings. The van der Waals surface area contributed by atoms with Crippen LogP contribution in [-0.4, -0.2) is 35.1 Å². The fraction of sp³-hybridized carbons (Fsp3) is 0.154. The number of carbonyl (C=O) groups is 3. The van der Waals surface area contributed by atoms with Crippen molar-refractivity contribution in [3.63, 3.8) is 0 Å². The maximum absolute atomic E-state index is 13.1. The van der Waals surface area contributed by atoms with Gasteiger partial charge >= 0.3 is 5.97 Å². The predicted octanol–water partition coefficient (Wildman–Crippen LogP) is 4.33. The van der Waals surface area contributed by atoms with Crippen LogP contribution in [0.15, 0.2) is 88.2 Å². The zero-order valence-corrected chi connectivity index (χ0v) is 19.6. The zero-order chi connectivity index (χ0) is 24.8. The summed E-state index contributed by atoms with van der Waals surface area (Å²) in [6.45, 7) is 0.710. The molecular weight excluding hydrogens is 470 g/mol. The maximum Gasteiger partial charge on any atom is 0.355 e. The van der Waals surface area contributed by atoms with Crippen LogP contribution in [0.2, 0.25) is 5.02 Å². The molecule has 0 radical (unpaired) electrons. The van der Waals surface area contributed by atoms with Crippen LogP contribution in [0.1, 0.15) is 36.3 Å². The Morgan fingerprint density at radius 1 is 1.11 bits per heavy atom. The first kappa shape index (κ1) is 24.0. The molecule has 1 unspecified atom stereocenters. The van der Waals surface area contributed by atoms with Crippen molar-refractivity contribution in [3.05, 3.63) is 101 Å². The molecule has 1 N–H and O–H groups in total. The first-order chi connectivity index (χ1) is 16.9. The van der Waals surface area contributed by atoms with E-state index >= 15 is 0 Å². The Hall–Kier alpha value is -4.17. The highest BCUT2D eigenvalue weighted by Crippen LogP contribution is 2.33. The van der Waals surface area contributed by atoms with Crippen molar-refractivity contribution in [2.24, 2.45) is 5.10 Å². The van der Waals surface area contributed by atoms with E-state index in [1.807, 2.05) is 18.2 Å². The van der Waals surface area contributed by atoms with Crippen molar-refractivity contribution in [3.8, 4) is 0 Å². The van der Waals surface area contributed by atoms with Crippen LogP contribution in [0.25, 0.3) is 6.08 Å². The second-order valence-electron chi connectivity index (χ2n) is 7.75. The summed E-state index contributed by atoms with van der Waals surface area (Å²) < 4.78 is 10.8. The molecule has 1 atom stereocenters. The van der Waals surface area contributed by atoms with Gasteiger partial charge in [-0.3, -0.25) is 9.59 Å². The largest absolute Gasteiger partial charge is 0.467 e. The van der Waals surface area contributed by atoms with E-state index in [1.165, 1.54) is 24.3 Å². The number of esters is 1. The number of ether oxygens (including phenoxy) is 1. The van der Waals surface area contributed by atoms with Gasteiger partial charge in [-0.15, -0.1) is 0 Å². The summed E-state index contributed by atoms with van der Waals surface area (Å²) in [5.74, 6) is -1.26. The number of hydrazone groups is 1. The highest BCUT2D eigenvalue weighted by Gasteiger charge is 2.35. The summed E-state index contributed by atoms with van der Waals surface area (Å²) in [6.07, 6.45) is 3.42. The predicted molar refractivity (Wildman–Crippen MR) is 130 cm³/mol. The van der Waals surface area contributed by atoms with Crippen LogP contribution in [0, 0.1) is 0 Å². The van der Waals surface area contributed by atoms with Crippen molar-refractivity contribution in [1.82, 2.24) is 10.3 Å². The van der Waals surface area contributed by atoms with E-state index in [9.17, 15) is 14.4 Å². The van der Waals surface area contributed by atoms with Crippen LogP contribution in [0.5, 0.6) is 0 Å². The number of hydrogen-bond donors (Lipinski definition) is 1. The summed E-state index contributed by atoms with van der Waals surface area (Å²) in [6, 6.07) is 19.1. The van der Waals surface area contributed by atoms with Crippen LogP contribution in [0.3, 0.4) is 0 Å². The summed E-state index contributed by atoms with van der Waals surface area (Å²) in [7, 11) is 0. The average Bonchev–Trinajstić information content (AvgIpc) is 3.53. The summed E-state index contributed by atoms with van der Waals surface area (Å²) >= 11 is 5.99. The Bertz CT molecular complexity index is 1270. The molecule has 0 saturated carbocycles. The average molecular weight is 492 g/mol. The fourth-order valence-corrected chi connectivity index (χ4v) is 3.71. The van der Waals surface area contributed by atoms with Crippen LogP contribution in [-0.2, 0) is 19.1 Å². The SMILES string of the molecule is CC(=O)N/C(=C/c1ccccc1)C(=O)OCC(=O)N1N=C(c2ccc(Cl)cc2)CC1c1ccco1. The number of benzene rings is 2. The molecule has 0 spiro atoms. The van der Waals surface area contributed by atoms with Crippen molar-refractivity contribution in [2.45, 2.75) is 19.4 Å². The van der Waals surface area contributed by atoms with Gasteiger partial charge in [0.2, 0.25) is 5.91 Å². The van der Waals surface area contributed by atoms with E-state index in [2.05, 4.69) is 10.4 Å². The summed E-state index contributed by atoms with van der Waals surface area (Å²) in [5.41, 5.74) is 2.10.